The van der Waals surface area contributed by atoms with Crippen molar-refractivity contribution in [2.75, 3.05) is 59.2 Å². The lowest BCUT2D eigenvalue weighted by molar-refractivity contribution is -0.969. The van der Waals surface area contributed by atoms with Crippen molar-refractivity contribution in [1.82, 2.24) is 4.57 Å². The van der Waals surface area contributed by atoms with E-state index in [0.29, 0.717) is 26.3 Å². The monoisotopic (exact) mass is 433 g/mol. The summed E-state index contributed by atoms with van der Waals surface area (Å²) in [5.41, 5.74) is 2.12. The maximum atomic E-state index is 13.6. The zero-order valence-electron chi connectivity index (χ0n) is 18.3. The van der Waals surface area contributed by atoms with E-state index in [2.05, 4.69) is 17.2 Å². The highest BCUT2D eigenvalue weighted by atomic mass is 19.1. The lowest BCUT2D eigenvalue weighted by atomic mass is 10.2. The van der Waals surface area contributed by atoms with Crippen molar-refractivity contribution >= 4 is 0 Å². The number of nitrogens with one attached hydrogen (secondary N) is 2. The molecule has 0 aliphatic carbocycles. The maximum absolute atomic E-state index is 13.6. The molecule has 31 heavy (non-hydrogen) atoms. The summed E-state index contributed by atoms with van der Waals surface area (Å²) in [7, 11) is 0. The fourth-order valence-corrected chi connectivity index (χ4v) is 4.06. The summed E-state index contributed by atoms with van der Waals surface area (Å²) >= 11 is 0. The average molecular weight is 434 g/mol. The number of aliphatic hydroxyl groups is 1. The number of aliphatic hydroxyl groups excluding tert-OH is 1. The van der Waals surface area contributed by atoms with E-state index in [4.69, 9.17) is 9.47 Å². The molecule has 2 heterocycles. The first-order chi connectivity index (χ1) is 15.1. The number of aromatic nitrogens is 1. The molecule has 1 saturated heterocycles. The van der Waals surface area contributed by atoms with Gasteiger partial charge in [-0.05, 0) is 29.8 Å². The highest BCUT2D eigenvalue weighted by molar-refractivity contribution is 5.18. The highest BCUT2D eigenvalue weighted by Gasteiger charge is 2.21. The maximum Gasteiger partial charge on any atom is 0.127 e. The van der Waals surface area contributed by atoms with E-state index in [0.717, 1.165) is 51.5 Å². The fraction of sp³-hybridized carbons (Fsp3) is 0.500. The van der Waals surface area contributed by atoms with Crippen LogP contribution in [0.25, 0.3) is 0 Å². The molecule has 3 N–H and O–H groups in total. The van der Waals surface area contributed by atoms with E-state index >= 15 is 0 Å². The summed E-state index contributed by atoms with van der Waals surface area (Å²) in [6.45, 7) is 12.2. The first-order valence-electron chi connectivity index (χ1n) is 11.1. The van der Waals surface area contributed by atoms with Gasteiger partial charge in [0, 0.05) is 12.7 Å². The molecule has 170 valence electrons. The topological polar surface area (TPSA) is 52.5 Å². The molecule has 1 fully saturated rings. The molecule has 2 aromatic rings. The van der Waals surface area contributed by atoms with Crippen molar-refractivity contribution in [2.24, 2.45) is 0 Å². The lowest BCUT2D eigenvalue weighted by Gasteiger charge is -2.27. The molecule has 1 aliphatic rings. The number of morpholine rings is 1. The summed E-state index contributed by atoms with van der Waals surface area (Å²) in [6.07, 6.45) is 3.20. The minimum absolute atomic E-state index is 0.213. The van der Waals surface area contributed by atoms with Crippen LogP contribution in [0.3, 0.4) is 0 Å². The van der Waals surface area contributed by atoms with Crippen molar-refractivity contribution in [3.05, 3.63) is 72.3 Å². The Morgan fingerprint density at radius 1 is 1.29 bits per heavy atom. The normalized spacial score (nSPS) is 16.8. The number of ether oxygens (including phenoxy) is 2. The van der Waals surface area contributed by atoms with Gasteiger partial charge in [-0.3, -0.25) is 0 Å². The number of halogens is 1. The Hall–Kier alpha value is -2.03. The van der Waals surface area contributed by atoms with Gasteiger partial charge in [0.1, 0.15) is 51.2 Å². The number of hydrogen-bond acceptors (Lipinski definition) is 3. The molecule has 1 aliphatic heterocycles. The molecule has 3 rings (SSSR count). The van der Waals surface area contributed by atoms with Gasteiger partial charge in [0.05, 0.1) is 32.1 Å². The van der Waals surface area contributed by atoms with Crippen LogP contribution in [0.4, 0.5) is 4.39 Å². The van der Waals surface area contributed by atoms with E-state index in [1.807, 2.05) is 18.3 Å². The molecule has 0 radical (unpaired) electrons. The quantitative estimate of drug-likeness (QED) is 0.296. The van der Waals surface area contributed by atoms with E-state index in [1.165, 1.54) is 16.7 Å². The third kappa shape index (κ3) is 8.20. The van der Waals surface area contributed by atoms with E-state index in [1.54, 1.807) is 23.1 Å². The predicted molar refractivity (Wildman–Crippen MR) is 118 cm³/mol. The third-order valence-corrected chi connectivity index (χ3v) is 5.70. The molecular weight excluding hydrogens is 397 g/mol. The molecule has 1 aromatic carbocycles. The minimum Gasteiger partial charge on any atom is -0.385 e. The Labute approximate surface area is 184 Å². The smallest absolute Gasteiger partial charge is 0.127 e. The zero-order chi connectivity index (χ0) is 21.9. The Balaban J connectivity index is 1.62. The van der Waals surface area contributed by atoms with Gasteiger partial charge in [-0.25, -0.2) is 4.39 Å². The fourth-order valence-electron chi connectivity index (χ4n) is 4.06. The summed E-state index contributed by atoms with van der Waals surface area (Å²) in [5, 5.41) is 10.5. The van der Waals surface area contributed by atoms with Gasteiger partial charge in [0.2, 0.25) is 0 Å². The first-order valence-corrected chi connectivity index (χ1v) is 11.1. The zero-order valence-corrected chi connectivity index (χ0v) is 18.3. The van der Waals surface area contributed by atoms with Crippen LogP contribution in [-0.2, 0) is 22.6 Å². The van der Waals surface area contributed by atoms with E-state index in [9.17, 15) is 9.50 Å². The molecule has 2 atom stereocenters. The van der Waals surface area contributed by atoms with Crippen LogP contribution >= 0.6 is 0 Å². The van der Waals surface area contributed by atoms with Crippen molar-refractivity contribution in [3.8, 4) is 0 Å². The van der Waals surface area contributed by atoms with Gasteiger partial charge in [-0.1, -0.05) is 18.2 Å². The van der Waals surface area contributed by atoms with Crippen LogP contribution < -0.4 is 9.80 Å². The van der Waals surface area contributed by atoms with Crippen molar-refractivity contribution < 1.29 is 28.8 Å². The summed E-state index contributed by atoms with van der Waals surface area (Å²) in [6, 6.07) is 10.9. The van der Waals surface area contributed by atoms with Crippen LogP contribution in [0.1, 0.15) is 11.3 Å². The lowest BCUT2D eigenvalue weighted by Crippen LogP contribution is -3.21. The number of quaternary nitrogens is 2. The second-order valence-corrected chi connectivity index (χ2v) is 8.23. The summed E-state index contributed by atoms with van der Waals surface area (Å²) in [4.78, 5) is 2.86. The molecule has 7 heteroatoms. The number of hydrogen-bond donors (Lipinski definition) is 3. The molecule has 0 spiro atoms. The third-order valence-electron chi connectivity index (χ3n) is 5.70. The molecular formula is C24H36FN3O3+2. The molecule has 1 aromatic heterocycles. The predicted octanol–water partition coefficient (Wildman–Crippen LogP) is -0.461. The number of benzene rings is 1. The molecule has 1 unspecified atom stereocenters. The van der Waals surface area contributed by atoms with Gasteiger partial charge in [-0.15, -0.1) is 6.58 Å². The van der Waals surface area contributed by atoms with Gasteiger partial charge in [-0.2, -0.15) is 0 Å². The Kier molecular flexibility index (Phi) is 9.71. The molecule has 0 amide bonds. The van der Waals surface area contributed by atoms with Crippen molar-refractivity contribution in [2.45, 2.75) is 19.2 Å². The summed E-state index contributed by atoms with van der Waals surface area (Å²) in [5.74, 6) is -0.213. The average Bonchev–Trinajstić information content (AvgIpc) is 3.19. The standard InChI is InChI=1S/C24H34FN3O3/c1-2-13-31-20-24(29)19-27(10-9-26-11-14-30-15-12-26)18-23-7-4-8-28(23)17-21-5-3-6-22(25)16-21/h2-8,16,24,29H,1,9-15,17-20H2/p+2/t24-/m0/s1. The molecule has 0 saturated carbocycles. The van der Waals surface area contributed by atoms with Crippen LogP contribution in [0.5, 0.6) is 0 Å². The van der Waals surface area contributed by atoms with Crippen molar-refractivity contribution in [3.63, 3.8) is 0 Å². The first kappa shape index (κ1) is 23.6. The van der Waals surface area contributed by atoms with Crippen LogP contribution in [0.15, 0.2) is 55.3 Å². The van der Waals surface area contributed by atoms with Crippen LogP contribution in [0, 0.1) is 5.82 Å². The summed E-state index contributed by atoms with van der Waals surface area (Å²) < 4.78 is 26.7. The minimum atomic E-state index is -0.527. The van der Waals surface area contributed by atoms with Crippen molar-refractivity contribution in [1.29, 1.82) is 0 Å². The van der Waals surface area contributed by atoms with Crippen LogP contribution in [0.2, 0.25) is 0 Å². The second kappa shape index (κ2) is 12.7. The van der Waals surface area contributed by atoms with Gasteiger partial charge >= 0.3 is 0 Å². The van der Waals surface area contributed by atoms with Gasteiger partial charge in [0.25, 0.3) is 0 Å². The Bertz CT molecular complexity index is 792. The van der Waals surface area contributed by atoms with E-state index in [-0.39, 0.29) is 5.82 Å². The highest BCUT2D eigenvalue weighted by Crippen LogP contribution is 2.09. The SMILES string of the molecule is C=CCOC[C@@H](O)C[NH+](CC[NH+]1CCOCC1)Cc1cccn1Cc1cccc(F)c1. The second-order valence-electron chi connectivity index (χ2n) is 8.23. The largest absolute Gasteiger partial charge is 0.385 e. The number of nitrogens with zero attached hydrogens (tertiary/aromatic N) is 1. The Morgan fingerprint density at radius 3 is 2.90 bits per heavy atom. The van der Waals surface area contributed by atoms with Gasteiger partial charge in [0.15, 0.2) is 0 Å². The van der Waals surface area contributed by atoms with E-state index < -0.39 is 6.10 Å². The van der Waals surface area contributed by atoms with Gasteiger partial charge < -0.3 is 28.9 Å². The van der Waals surface area contributed by atoms with Crippen LogP contribution in [-0.4, -0.2) is 74.9 Å². The number of rotatable bonds is 13. The Morgan fingerprint density at radius 2 is 2.13 bits per heavy atom. The molecule has 0 bridgehead atoms. The molecule has 6 nitrogen and oxygen atoms in total.